The Kier molecular flexibility index (Phi) is 6.58. The Morgan fingerprint density at radius 2 is 1.80 bits per heavy atom. The summed E-state index contributed by atoms with van der Waals surface area (Å²) >= 11 is 11.8. The summed E-state index contributed by atoms with van der Waals surface area (Å²) < 4.78 is 0. The summed E-state index contributed by atoms with van der Waals surface area (Å²) in [4.78, 5) is 26.2. The first kappa shape index (κ1) is 19.9. The van der Waals surface area contributed by atoms with Crippen molar-refractivity contribution >= 4 is 35.1 Å². The Morgan fingerprint density at radius 1 is 1.16 bits per heavy atom. The zero-order valence-electron chi connectivity index (χ0n) is 14.9. The lowest BCUT2D eigenvalue weighted by molar-refractivity contribution is 0.0937. The van der Waals surface area contributed by atoms with Crippen LogP contribution in [0.25, 0.3) is 0 Å². The molecule has 1 saturated heterocycles. The maximum atomic E-state index is 12.2. The highest BCUT2D eigenvalue weighted by molar-refractivity contribution is 6.42. The molecule has 1 aromatic carbocycles. The first-order valence-electron chi connectivity index (χ1n) is 8.46. The predicted molar refractivity (Wildman–Crippen MR) is 101 cm³/mol. The van der Waals surface area contributed by atoms with Crippen LogP contribution in [-0.4, -0.2) is 42.0 Å². The molecule has 7 heteroatoms. The number of likely N-dealkylation sites (tertiary alicyclic amines) is 1. The van der Waals surface area contributed by atoms with Crippen molar-refractivity contribution in [1.82, 2.24) is 15.5 Å². The number of carbonyl (C=O) groups excluding carboxylic acids is 2. The summed E-state index contributed by atoms with van der Waals surface area (Å²) in [5.41, 5.74) is 0.262. The van der Waals surface area contributed by atoms with Gasteiger partial charge in [0.2, 0.25) is 0 Å². The van der Waals surface area contributed by atoms with Crippen LogP contribution in [-0.2, 0) is 0 Å². The average molecular weight is 386 g/mol. The highest BCUT2D eigenvalue weighted by Crippen LogP contribution is 2.23. The van der Waals surface area contributed by atoms with Gasteiger partial charge in [0, 0.05) is 30.7 Å². The van der Waals surface area contributed by atoms with Crippen LogP contribution in [0.5, 0.6) is 0 Å². The molecule has 1 aliphatic rings. The van der Waals surface area contributed by atoms with Crippen molar-refractivity contribution in [3.63, 3.8) is 0 Å². The number of hydrogen-bond donors (Lipinski definition) is 2. The quantitative estimate of drug-likeness (QED) is 0.827. The van der Waals surface area contributed by atoms with Crippen molar-refractivity contribution in [1.29, 1.82) is 0 Å². The van der Waals surface area contributed by atoms with Gasteiger partial charge < -0.3 is 15.5 Å². The zero-order valence-corrected chi connectivity index (χ0v) is 16.4. The van der Waals surface area contributed by atoms with Gasteiger partial charge in [0.1, 0.15) is 0 Å². The topological polar surface area (TPSA) is 61.4 Å². The Labute approximate surface area is 159 Å². The zero-order chi connectivity index (χ0) is 18.6. The molecule has 0 aliphatic carbocycles. The highest BCUT2D eigenvalue weighted by Gasteiger charge is 2.25. The molecular formula is C18H25Cl2N3O2. The van der Waals surface area contributed by atoms with E-state index in [0.717, 1.165) is 12.8 Å². The molecule has 0 bridgehead atoms. The first-order valence-corrected chi connectivity index (χ1v) is 9.21. The van der Waals surface area contributed by atoms with Crippen LogP contribution < -0.4 is 10.6 Å². The number of hydrogen-bond acceptors (Lipinski definition) is 2. The smallest absolute Gasteiger partial charge is 0.317 e. The summed E-state index contributed by atoms with van der Waals surface area (Å²) in [7, 11) is 0. The molecule has 0 spiro atoms. The standard InChI is InChI=1S/C18H25Cl2N3O2/c1-18(2,3)22-17(25)23-8-6-12(7-9-23)11-21-16(24)13-4-5-14(19)15(20)10-13/h4-5,10,12H,6-9,11H2,1-3H3,(H,21,24)(H,22,25). The number of amides is 3. The fourth-order valence-electron chi connectivity index (χ4n) is 2.72. The highest BCUT2D eigenvalue weighted by atomic mass is 35.5. The second kappa shape index (κ2) is 8.28. The lowest BCUT2D eigenvalue weighted by Gasteiger charge is -2.34. The molecule has 0 aromatic heterocycles. The summed E-state index contributed by atoms with van der Waals surface area (Å²) in [6, 6.07) is 4.82. The van der Waals surface area contributed by atoms with Crippen molar-refractivity contribution in [2.45, 2.75) is 39.2 Å². The van der Waals surface area contributed by atoms with Crippen LogP contribution in [0, 0.1) is 5.92 Å². The molecule has 25 heavy (non-hydrogen) atoms. The van der Waals surface area contributed by atoms with Gasteiger partial charge in [0.05, 0.1) is 10.0 Å². The molecule has 0 radical (unpaired) electrons. The van der Waals surface area contributed by atoms with Crippen LogP contribution in [0.1, 0.15) is 44.0 Å². The van der Waals surface area contributed by atoms with Crippen LogP contribution in [0.4, 0.5) is 4.79 Å². The minimum atomic E-state index is -0.234. The van der Waals surface area contributed by atoms with Crippen LogP contribution in [0.3, 0.4) is 0 Å². The molecule has 2 N–H and O–H groups in total. The van der Waals surface area contributed by atoms with Crippen molar-refractivity contribution in [2.75, 3.05) is 19.6 Å². The third kappa shape index (κ3) is 6.08. The summed E-state index contributed by atoms with van der Waals surface area (Å²) in [5, 5.41) is 6.71. The number of nitrogens with zero attached hydrogens (tertiary/aromatic N) is 1. The molecule has 2 rings (SSSR count). The van der Waals surface area contributed by atoms with Gasteiger partial charge >= 0.3 is 6.03 Å². The van der Waals surface area contributed by atoms with Gasteiger partial charge in [-0.3, -0.25) is 4.79 Å². The number of urea groups is 1. The summed E-state index contributed by atoms with van der Waals surface area (Å²) in [6.07, 6.45) is 1.75. The maximum Gasteiger partial charge on any atom is 0.317 e. The van der Waals surface area contributed by atoms with E-state index in [2.05, 4.69) is 10.6 Å². The van der Waals surface area contributed by atoms with Crippen molar-refractivity contribution in [2.24, 2.45) is 5.92 Å². The fraction of sp³-hybridized carbons (Fsp3) is 0.556. The second-order valence-electron chi connectivity index (χ2n) is 7.45. The third-order valence-corrected chi connectivity index (χ3v) is 4.86. The number of carbonyl (C=O) groups is 2. The number of halogens is 2. The minimum absolute atomic E-state index is 0.0224. The lowest BCUT2D eigenvalue weighted by Crippen LogP contribution is -2.51. The predicted octanol–water partition coefficient (Wildman–Crippen LogP) is 3.94. The Hall–Kier alpha value is -1.46. The van der Waals surface area contributed by atoms with Gasteiger partial charge in [0.25, 0.3) is 5.91 Å². The van der Waals surface area contributed by atoms with E-state index < -0.39 is 0 Å². The number of rotatable bonds is 3. The molecule has 5 nitrogen and oxygen atoms in total. The van der Waals surface area contributed by atoms with Gasteiger partial charge in [-0.1, -0.05) is 23.2 Å². The second-order valence-corrected chi connectivity index (χ2v) is 8.26. The van der Waals surface area contributed by atoms with Gasteiger partial charge in [-0.2, -0.15) is 0 Å². The summed E-state index contributed by atoms with van der Waals surface area (Å²) in [6.45, 7) is 7.90. The largest absolute Gasteiger partial charge is 0.352 e. The van der Waals surface area contributed by atoms with E-state index in [1.54, 1.807) is 18.2 Å². The Bertz CT molecular complexity index is 636. The first-order chi connectivity index (χ1) is 11.7. The molecule has 138 valence electrons. The van der Waals surface area contributed by atoms with E-state index in [9.17, 15) is 9.59 Å². The van der Waals surface area contributed by atoms with Gasteiger partial charge in [-0.15, -0.1) is 0 Å². The Morgan fingerprint density at radius 3 is 2.36 bits per heavy atom. The van der Waals surface area contributed by atoms with Crippen LogP contribution in [0.15, 0.2) is 18.2 Å². The van der Waals surface area contributed by atoms with Crippen molar-refractivity contribution in [3.05, 3.63) is 33.8 Å². The lowest BCUT2D eigenvalue weighted by atomic mass is 9.96. The van der Waals surface area contributed by atoms with E-state index >= 15 is 0 Å². The van der Waals surface area contributed by atoms with E-state index in [1.807, 2.05) is 25.7 Å². The molecule has 1 heterocycles. The molecule has 0 saturated carbocycles. The van der Waals surface area contributed by atoms with Crippen molar-refractivity contribution in [3.8, 4) is 0 Å². The normalized spacial score (nSPS) is 15.8. The van der Waals surface area contributed by atoms with E-state index in [0.29, 0.717) is 41.2 Å². The number of piperidine rings is 1. The van der Waals surface area contributed by atoms with Crippen molar-refractivity contribution < 1.29 is 9.59 Å². The van der Waals surface area contributed by atoms with Crippen LogP contribution in [0.2, 0.25) is 10.0 Å². The fourth-order valence-corrected chi connectivity index (χ4v) is 3.01. The Balaban J connectivity index is 1.77. The summed E-state index contributed by atoms with van der Waals surface area (Å²) in [5.74, 6) is 0.205. The van der Waals surface area contributed by atoms with Gasteiger partial charge in [-0.25, -0.2) is 4.79 Å². The monoisotopic (exact) mass is 385 g/mol. The molecule has 1 fully saturated rings. The SMILES string of the molecule is CC(C)(C)NC(=O)N1CCC(CNC(=O)c2ccc(Cl)c(Cl)c2)CC1. The van der Waals surface area contributed by atoms with Crippen LogP contribution >= 0.6 is 23.2 Å². The molecule has 1 aliphatic heterocycles. The van der Waals surface area contributed by atoms with E-state index in [-0.39, 0.29) is 17.5 Å². The van der Waals surface area contributed by atoms with Gasteiger partial charge in [0.15, 0.2) is 0 Å². The number of nitrogens with one attached hydrogen (secondary N) is 2. The average Bonchev–Trinajstić information content (AvgIpc) is 2.54. The maximum absolute atomic E-state index is 12.2. The van der Waals surface area contributed by atoms with E-state index in [1.165, 1.54) is 0 Å². The van der Waals surface area contributed by atoms with E-state index in [4.69, 9.17) is 23.2 Å². The molecule has 1 aromatic rings. The molecule has 0 unspecified atom stereocenters. The molecule has 3 amide bonds. The molecular weight excluding hydrogens is 361 g/mol. The van der Waals surface area contributed by atoms with Gasteiger partial charge in [-0.05, 0) is 57.7 Å². The minimum Gasteiger partial charge on any atom is -0.352 e. The molecule has 0 atom stereocenters. The number of benzene rings is 1. The third-order valence-electron chi connectivity index (χ3n) is 4.12.